The molecule has 0 radical (unpaired) electrons. The third-order valence-corrected chi connectivity index (χ3v) is 4.72. The number of aromatic amines is 1. The Morgan fingerprint density at radius 3 is 2.86 bits per heavy atom. The van der Waals surface area contributed by atoms with Gasteiger partial charge in [-0.05, 0) is 26.0 Å². The van der Waals surface area contributed by atoms with Gasteiger partial charge in [0, 0.05) is 42.4 Å². The predicted molar refractivity (Wildman–Crippen MR) is 113 cm³/mol. The molecule has 10 heteroatoms. The Morgan fingerprint density at radius 2 is 2.11 bits per heavy atom. The zero-order valence-corrected chi connectivity index (χ0v) is 16.8. The number of nitrogen functional groups attached to an aromatic ring is 1. The summed E-state index contributed by atoms with van der Waals surface area (Å²) in [7, 11) is 1.72. The lowest BCUT2D eigenvalue weighted by atomic mass is 10.2. The van der Waals surface area contributed by atoms with Gasteiger partial charge in [0.15, 0.2) is 11.8 Å². The van der Waals surface area contributed by atoms with Crippen molar-refractivity contribution >= 4 is 29.2 Å². The van der Waals surface area contributed by atoms with Gasteiger partial charge >= 0.3 is 0 Å². The van der Waals surface area contributed by atoms with E-state index >= 15 is 0 Å². The van der Waals surface area contributed by atoms with Crippen molar-refractivity contribution < 1.29 is 0 Å². The van der Waals surface area contributed by atoms with Crippen LogP contribution in [0.5, 0.6) is 0 Å². The summed E-state index contributed by atoms with van der Waals surface area (Å²) in [4.78, 5) is 17.5. The van der Waals surface area contributed by atoms with E-state index < -0.39 is 0 Å². The van der Waals surface area contributed by atoms with Gasteiger partial charge < -0.3 is 16.4 Å². The van der Waals surface area contributed by atoms with Crippen LogP contribution in [0.1, 0.15) is 18.3 Å². The number of hydrogen-bond acceptors (Lipinski definition) is 7. The molecule has 2 aromatic heterocycles. The van der Waals surface area contributed by atoms with Crippen molar-refractivity contribution in [2.75, 3.05) is 24.6 Å². The molecule has 0 fully saturated rings. The first-order valence-electron chi connectivity index (χ1n) is 8.81. The van der Waals surface area contributed by atoms with Gasteiger partial charge in [0.25, 0.3) is 0 Å². The van der Waals surface area contributed by atoms with Crippen LogP contribution in [0.3, 0.4) is 0 Å². The lowest BCUT2D eigenvalue weighted by Gasteiger charge is -2.13. The lowest BCUT2D eigenvalue weighted by Crippen LogP contribution is -2.31. The number of hydrogen-bond donors (Lipinski definition) is 4. The number of aromatic nitrogens is 5. The van der Waals surface area contributed by atoms with E-state index in [4.69, 9.17) is 5.73 Å². The van der Waals surface area contributed by atoms with E-state index in [1.807, 2.05) is 38.1 Å². The minimum absolute atomic E-state index is 0.604. The molecule has 1 aromatic carbocycles. The number of H-pyrrole nitrogens is 1. The summed E-state index contributed by atoms with van der Waals surface area (Å²) in [5, 5.41) is 14.2. The highest BCUT2D eigenvalue weighted by atomic mass is 32.2. The maximum absolute atomic E-state index is 6.01. The molecule has 0 saturated heterocycles. The number of para-hydroxylation sites is 1. The summed E-state index contributed by atoms with van der Waals surface area (Å²) in [6, 6.07) is 7.55. The largest absolute Gasteiger partial charge is 0.398 e. The van der Waals surface area contributed by atoms with Crippen molar-refractivity contribution in [2.24, 2.45) is 4.99 Å². The van der Waals surface area contributed by atoms with Gasteiger partial charge in [0.2, 0.25) is 5.16 Å². The molecule has 28 heavy (non-hydrogen) atoms. The van der Waals surface area contributed by atoms with Gasteiger partial charge in [-0.15, -0.1) is 5.10 Å². The van der Waals surface area contributed by atoms with Crippen LogP contribution in [0.15, 0.2) is 40.6 Å². The number of guanidine groups is 1. The number of nitrogens with two attached hydrogens (primary N) is 1. The molecule has 2 heterocycles. The quantitative estimate of drug-likeness (QED) is 0.216. The standard InChI is InChI=1S/C18H23N9S/c1-4-21-17(20-3)24-15-12(9-22-11(2)23-15)10-28-18-25-16(26-27-18)13-7-5-6-8-14(13)19/h5-9H,4,10,19H2,1-3H3,(H,25,26,27)(H2,20,21,22,23,24). The summed E-state index contributed by atoms with van der Waals surface area (Å²) in [6.45, 7) is 4.62. The van der Waals surface area contributed by atoms with Gasteiger partial charge in [0.05, 0.1) is 0 Å². The molecule has 0 aliphatic rings. The third-order valence-electron chi connectivity index (χ3n) is 3.83. The molecule has 146 valence electrons. The van der Waals surface area contributed by atoms with Gasteiger partial charge in [-0.3, -0.25) is 10.1 Å². The Hall–Kier alpha value is -3.14. The second-order valence-corrected chi connectivity index (χ2v) is 6.80. The Labute approximate surface area is 167 Å². The third kappa shape index (κ3) is 4.77. The monoisotopic (exact) mass is 397 g/mol. The van der Waals surface area contributed by atoms with Gasteiger partial charge in [0.1, 0.15) is 11.6 Å². The highest BCUT2D eigenvalue weighted by Gasteiger charge is 2.12. The number of rotatable bonds is 6. The van der Waals surface area contributed by atoms with E-state index in [9.17, 15) is 0 Å². The SMILES string of the molecule is CCN/C(=N\C)Nc1nc(C)ncc1CSc1n[nH]c(-c2ccccc2N)n1. The molecular formula is C18H23N9S. The zero-order chi connectivity index (χ0) is 19.9. The van der Waals surface area contributed by atoms with Crippen molar-refractivity contribution in [2.45, 2.75) is 24.8 Å². The van der Waals surface area contributed by atoms with Crippen LogP contribution in [-0.4, -0.2) is 44.7 Å². The number of aliphatic imine (C=N–C) groups is 1. The smallest absolute Gasteiger partial charge is 0.209 e. The molecule has 5 N–H and O–H groups in total. The number of nitrogens with one attached hydrogen (secondary N) is 3. The summed E-state index contributed by atoms with van der Waals surface area (Å²) in [6.07, 6.45) is 1.81. The molecule has 0 amide bonds. The molecule has 0 saturated carbocycles. The second kappa shape index (κ2) is 9.18. The normalized spacial score (nSPS) is 11.5. The fraction of sp³-hybridized carbons (Fsp3) is 0.278. The fourth-order valence-corrected chi connectivity index (χ4v) is 3.22. The number of anilines is 2. The Bertz CT molecular complexity index is 967. The number of thioether (sulfide) groups is 1. The van der Waals surface area contributed by atoms with E-state index in [2.05, 4.69) is 40.8 Å². The summed E-state index contributed by atoms with van der Waals surface area (Å²) in [5.74, 6) is 3.30. The van der Waals surface area contributed by atoms with Crippen LogP contribution in [0.25, 0.3) is 11.4 Å². The summed E-state index contributed by atoms with van der Waals surface area (Å²) < 4.78 is 0. The average Bonchev–Trinajstić information content (AvgIpc) is 3.16. The first-order valence-corrected chi connectivity index (χ1v) is 9.79. The van der Waals surface area contributed by atoms with E-state index in [0.29, 0.717) is 40.0 Å². The van der Waals surface area contributed by atoms with Crippen molar-refractivity contribution in [1.29, 1.82) is 0 Å². The lowest BCUT2D eigenvalue weighted by molar-refractivity contribution is 0.950. The maximum atomic E-state index is 6.01. The van der Waals surface area contributed by atoms with Crippen LogP contribution in [0.2, 0.25) is 0 Å². The van der Waals surface area contributed by atoms with Crippen LogP contribution < -0.4 is 16.4 Å². The minimum atomic E-state index is 0.604. The summed E-state index contributed by atoms with van der Waals surface area (Å²) >= 11 is 1.49. The average molecular weight is 398 g/mol. The molecule has 0 atom stereocenters. The van der Waals surface area contributed by atoms with E-state index in [1.165, 1.54) is 11.8 Å². The maximum Gasteiger partial charge on any atom is 0.209 e. The zero-order valence-electron chi connectivity index (χ0n) is 16.0. The van der Waals surface area contributed by atoms with Gasteiger partial charge in [-0.1, -0.05) is 23.9 Å². The van der Waals surface area contributed by atoms with E-state index in [0.717, 1.165) is 17.7 Å². The molecule has 0 aliphatic carbocycles. The predicted octanol–water partition coefficient (Wildman–Crippen LogP) is 2.45. The molecule has 0 bridgehead atoms. The number of nitrogens with zero attached hydrogens (tertiary/aromatic N) is 5. The molecule has 9 nitrogen and oxygen atoms in total. The van der Waals surface area contributed by atoms with Crippen molar-refractivity contribution in [1.82, 2.24) is 30.5 Å². The minimum Gasteiger partial charge on any atom is -0.398 e. The van der Waals surface area contributed by atoms with Crippen molar-refractivity contribution in [3.63, 3.8) is 0 Å². The van der Waals surface area contributed by atoms with Gasteiger partial charge in [-0.2, -0.15) is 0 Å². The molecule has 3 aromatic rings. The molecular weight excluding hydrogens is 374 g/mol. The molecule has 0 aliphatic heterocycles. The number of benzene rings is 1. The van der Waals surface area contributed by atoms with Crippen LogP contribution in [0, 0.1) is 6.92 Å². The van der Waals surface area contributed by atoms with Crippen molar-refractivity contribution in [3.05, 3.63) is 41.9 Å². The Balaban J connectivity index is 1.74. The van der Waals surface area contributed by atoms with Crippen LogP contribution >= 0.6 is 11.8 Å². The highest BCUT2D eigenvalue weighted by Crippen LogP contribution is 2.27. The number of aryl methyl sites for hydroxylation is 1. The molecule has 0 spiro atoms. The van der Waals surface area contributed by atoms with Crippen molar-refractivity contribution in [3.8, 4) is 11.4 Å². The topological polar surface area (TPSA) is 130 Å². The first-order chi connectivity index (χ1) is 13.6. The Kier molecular flexibility index (Phi) is 6.43. The summed E-state index contributed by atoms with van der Waals surface area (Å²) in [5.41, 5.74) is 8.43. The second-order valence-electron chi connectivity index (χ2n) is 5.86. The van der Waals surface area contributed by atoms with Crippen LogP contribution in [0.4, 0.5) is 11.5 Å². The van der Waals surface area contributed by atoms with Crippen LogP contribution in [-0.2, 0) is 5.75 Å². The first kappa shape index (κ1) is 19.6. The molecule has 0 unspecified atom stereocenters. The fourth-order valence-electron chi connectivity index (χ4n) is 2.45. The van der Waals surface area contributed by atoms with Gasteiger partial charge in [-0.25, -0.2) is 15.0 Å². The van der Waals surface area contributed by atoms with E-state index in [-0.39, 0.29) is 0 Å². The van der Waals surface area contributed by atoms with E-state index in [1.54, 1.807) is 13.2 Å². The highest BCUT2D eigenvalue weighted by molar-refractivity contribution is 7.98. The molecule has 3 rings (SSSR count). The Morgan fingerprint density at radius 1 is 1.29 bits per heavy atom.